The second-order valence-electron chi connectivity index (χ2n) is 3.52. The molecule has 74 valence electrons. The van der Waals surface area contributed by atoms with Crippen molar-refractivity contribution in [1.29, 1.82) is 0 Å². The fourth-order valence-corrected chi connectivity index (χ4v) is 1.55. The Morgan fingerprint density at radius 3 is 2.43 bits per heavy atom. The van der Waals surface area contributed by atoms with Crippen molar-refractivity contribution in [2.75, 3.05) is 13.1 Å². The predicted octanol–water partition coefficient (Wildman–Crippen LogP) is 2.36. The first-order valence-corrected chi connectivity index (χ1v) is 5.20. The number of nitrogens with zero attached hydrogens (tertiary/aromatic N) is 1. The van der Waals surface area contributed by atoms with Crippen LogP contribution in [0.25, 0.3) is 0 Å². The predicted molar refractivity (Wildman–Crippen MR) is 60.6 cm³/mol. The van der Waals surface area contributed by atoms with E-state index in [9.17, 15) is 0 Å². The van der Waals surface area contributed by atoms with Crippen molar-refractivity contribution in [3.8, 4) is 5.75 Å². The fraction of sp³-hybridized carbons (Fsp3) is 0.364. The van der Waals surface area contributed by atoms with E-state index in [0.717, 1.165) is 18.8 Å². The van der Waals surface area contributed by atoms with Crippen LogP contribution in [0.1, 0.15) is 12.0 Å². The van der Waals surface area contributed by atoms with Gasteiger partial charge >= 0.3 is 0 Å². The molecule has 0 atom stereocenters. The van der Waals surface area contributed by atoms with Crippen molar-refractivity contribution in [3.05, 3.63) is 29.8 Å². The molecule has 0 spiro atoms. The van der Waals surface area contributed by atoms with Gasteiger partial charge in [-0.1, -0.05) is 17.7 Å². The number of rotatable bonds is 1. The van der Waals surface area contributed by atoms with Crippen LogP contribution in [0, 0.1) is 6.92 Å². The average molecular weight is 207 g/mol. The minimum absolute atomic E-state index is 0.597. The van der Waals surface area contributed by atoms with Crippen LogP contribution in [0.4, 0.5) is 0 Å². The van der Waals surface area contributed by atoms with Crippen LogP contribution >= 0.6 is 12.2 Å². The summed E-state index contributed by atoms with van der Waals surface area (Å²) in [7, 11) is 0. The van der Waals surface area contributed by atoms with E-state index in [0.29, 0.717) is 5.17 Å². The van der Waals surface area contributed by atoms with Crippen LogP contribution in [0.5, 0.6) is 5.75 Å². The molecule has 0 aromatic heterocycles. The zero-order valence-electron chi connectivity index (χ0n) is 8.19. The van der Waals surface area contributed by atoms with Gasteiger partial charge in [-0.25, -0.2) is 0 Å². The topological polar surface area (TPSA) is 12.5 Å². The summed E-state index contributed by atoms with van der Waals surface area (Å²) in [5.74, 6) is 0.826. The molecule has 1 saturated heterocycles. The van der Waals surface area contributed by atoms with Gasteiger partial charge in [0.2, 0.25) is 0 Å². The van der Waals surface area contributed by atoms with E-state index in [2.05, 4.69) is 11.8 Å². The van der Waals surface area contributed by atoms with E-state index in [1.54, 1.807) is 0 Å². The molecule has 0 radical (unpaired) electrons. The highest BCUT2D eigenvalue weighted by Gasteiger charge is 2.18. The molecule has 0 N–H and O–H groups in total. The molecule has 2 nitrogen and oxygen atoms in total. The van der Waals surface area contributed by atoms with Crippen LogP contribution in [-0.4, -0.2) is 23.2 Å². The Labute approximate surface area is 89.5 Å². The molecule has 1 aromatic carbocycles. The lowest BCUT2D eigenvalue weighted by Crippen LogP contribution is -2.43. The summed E-state index contributed by atoms with van der Waals surface area (Å²) >= 11 is 5.15. The maximum atomic E-state index is 5.53. The third kappa shape index (κ3) is 2.04. The van der Waals surface area contributed by atoms with Crippen molar-refractivity contribution < 1.29 is 4.74 Å². The molecule has 1 aliphatic rings. The summed E-state index contributed by atoms with van der Waals surface area (Å²) in [5, 5.41) is 0.597. The van der Waals surface area contributed by atoms with Gasteiger partial charge in [-0.15, -0.1) is 0 Å². The molecule has 1 fully saturated rings. The summed E-state index contributed by atoms with van der Waals surface area (Å²) in [4.78, 5) is 2.06. The number of hydrogen-bond donors (Lipinski definition) is 0. The first-order valence-electron chi connectivity index (χ1n) is 4.79. The largest absolute Gasteiger partial charge is 0.432 e. The van der Waals surface area contributed by atoms with Crippen LogP contribution in [0.3, 0.4) is 0 Å². The standard InChI is InChI=1S/C11H13NOS/c1-9-3-5-10(6-4-9)13-11(14)12-7-2-8-12/h3-6H,2,7-8H2,1H3. The van der Waals surface area contributed by atoms with Gasteiger partial charge in [0.25, 0.3) is 5.17 Å². The van der Waals surface area contributed by atoms with E-state index < -0.39 is 0 Å². The SMILES string of the molecule is Cc1ccc(OC(=S)N2CCC2)cc1. The Morgan fingerprint density at radius 2 is 1.93 bits per heavy atom. The third-order valence-electron chi connectivity index (χ3n) is 2.34. The van der Waals surface area contributed by atoms with Gasteiger partial charge < -0.3 is 9.64 Å². The number of benzene rings is 1. The monoisotopic (exact) mass is 207 g/mol. The van der Waals surface area contributed by atoms with Gasteiger partial charge in [0.15, 0.2) is 0 Å². The molecule has 2 rings (SSSR count). The van der Waals surface area contributed by atoms with Crippen molar-refractivity contribution in [3.63, 3.8) is 0 Å². The molecule has 0 aliphatic carbocycles. The number of hydrogen-bond acceptors (Lipinski definition) is 2. The number of ether oxygens (including phenoxy) is 1. The van der Waals surface area contributed by atoms with Gasteiger partial charge in [0, 0.05) is 13.1 Å². The van der Waals surface area contributed by atoms with Crippen molar-refractivity contribution in [2.24, 2.45) is 0 Å². The van der Waals surface area contributed by atoms with Gasteiger partial charge in [0.05, 0.1) is 0 Å². The number of thiocarbonyl (C=S) groups is 1. The molecule has 0 amide bonds. The molecule has 0 bridgehead atoms. The highest BCUT2D eigenvalue weighted by atomic mass is 32.1. The summed E-state index contributed by atoms with van der Waals surface area (Å²) < 4.78 is 5.53. The average Bonchev–Trinajstić information content (AvgIpc) is 2.06. The molecular weight excluding hydrogens is 194 g/mol. The van der Waals surface area contributed by atoms with Gasteiger partial charge in [-0.2, -0.15) is 0 Å². The lowest BCUT2D eigenvalue weighted by molar-refractivity contribution is 0.261. The first kappa shape index (κ1) is 9.46. The Morgan fingerprint density at radius 1 is 1.29 bits per heavy atom. The lowest BCUT2D eigenvalue weighted by atomic mass is 10.2. The zero-order valence-corrected chi connectivity index (χ0v) is 9.01. The quantitative estimate of drug-likeness (QED) is 0.656. The highest BCUT2D eigenvalue weighted by Crippen LogP contribution is 2.15. The number of likely N-dealkylation sites (tertiary alicyclic amines) is 1. The second kappa shape index (κ2) is 3.96. The second-order valence-corrected chi connectivity index (χ2v) is 3.87. The molecule has 14 heavy (non-hydrogen) atoms. The number of aryl methyl sites for hydroxylation is 1. The van der Waals surface area contributed by atoms with Gasteiger partial charge in [-0.05, 0) is 37.7 Å². The van der Waals surface area contributed by atoms with Crippen LogP contribution in [0.2, 0.25) is 0 Å². The molecule has 1 aliphatic heterocycles. The van der Waals surface area contributed by atoms with Crippen LogP contribution in [-0.2, 0) is 0 Å². The van der Waals surface area contributed by atoms with Crippen molar-refractivity contribution in [1.82, 2.24) is 4.90 Å². The Bertz CT molecular complexity index is 330. The fourth-order valence-electron chi connectivity index (χ4n) is 1.27. The summed E-state index contributed by atoms with van der Waals surface area (Å²) in [5.41, 5.74) is 1.23. The van der Waals surface area contributed by atoms with E-state index in [1.165, 1.54) is 12.0 Å². The molecule has 1 aromatic rings. The smallest absolute Gasteiger partial charge is 0.264 e. The Hall–Kier alpha value is -1.09. The molecule has 3 heteroatoms. The maximum Gasteiger partial charge on any atom is 0.264 e. The first-order chi connectivity index (χ1) is 6.75. The zero-order chi connectivity index (χ0) is 9.97. The molecular formula is C11H13NOS. The normalized spacial score (nSPS) is 14.8. The van der Waals surface area contributed by atoms with E-state index in [-0.39, 0.29) is 0 Å². The summed E-state index contributed by atoms with van der Waals surface area (Å²) in [6, 6.07) is 7.94. The molecule has 0 saturated carbocycles. The Balaban J connectivity index is 1.96. The van der Waals surface area contributed by atoms with Gasteiger partial charge in [-0.3, -0.25) is 0 Å². The lowest BCUT2D eigenvalue weighted by Gasteiger charge is -2.32. The van der Waals surface area contributed by atoms with E-state index >= 15 is 0 Å². The minimum Gasteiger partial charge on any atom is -0.432 e. The highest BCUT2D eigenvalue weighted by molar-refractivity contribution is 7.80. The van der Waals surface area contributed by atoms with Crippen LogP contribution < -0.4 is 4.74 Å². The van der Waals surface area contributed by atoms with Gasteiger partial charge in [0.1, 0.15) is 5.75 Å². The molecule has 0 unspecified atom stereocenters. The summed E-state index contributed by atoms with van der Waals surface area (Å²) in [6.45, 7) is 4.12. The van der Waals surface area contributed by atoms with E-state index in [4.69, 9.17) is 17.0 Å². The Kier molecular flexibility index (Phi) is 2.68. The maximum absolute atomic E-state index is 5.53. The van der Waals surface area contributed by atoms with Crippen molar-refractivity contribution >= 4 is 17.4 Å². The summed E-state index contributed by atoms with van der Waals surface area (Å²) in [6.07, 6.45) is 1.22. The molecule has 1 heterocycles. The minimum atomic E-state index is 0.597. The van der Waals surface area contributed by atoms with Crippen molar-refractivity contribution in [2.45, 2.75) is 13.3 Å². The van der Waals surface area contributed by atoms with Crippen LogP contribution in [0.15, 0.2) is 24.3 Å². The third-order valence-corrected chi connectivity index (χ3v) is 2.68. The van der Waals surface area contributed by atoms with E-state index in [1.807, 2.05) is 24.3 Å².